The Bertz CT molecular complexity index is 538. The number of hydrogen-bond acceptors (Lipinski definition) is 4. The van der Waals surface area contributed by atoms with Crippen LogP contribution in [0.5, 0.6) is 0 Å². The summed E-state index contributed by atoms with van der Waals surface area (Å²) in [5, 5.41) is 5.58. The first kappa shape index (κ1) is 11.7. The second-order valence-corrected chi connectivity index (χ2v) is 6.21. The fourth-order valence-corrected chi connectivity index (χ4v) is 3.30. The summed E-state index contributed by atoms with van der Waals surface area (Å²) in [4.78, 5) is 8.34. The molecule has 0 aliphatic carbocycles. The Kier molecular flexibility index (Phi) is 2.86. The molecule has 1 atom stereocenters. The Balaban J connectivity index is 1.75. The van der Waals surface area contributed by atoms with E-state index in [9.17, 15) is 0 Å². The van der Waals surface area contributed by atoms with Crippen LogP contribution in [0.15, 0.2) is 12.4 Å². The van der Waals surface area contributed by atoms with E-state index in [4.69, 9.17) is 0 Å². The number of rotatable bonds is 2. The molecule has 4 nitrogen and oxygen atoms in total. The number of anilines is 1. The van der Waals surface area contributed by atoms with E-state index in [0.717, 1.165) is 30.3 Å². The molecule has 1 saturated heterocycles. The Morgan fingerprint density at radius 2 is 2.17 bits per heavy atom. The molecule has 18 heavy (non-hydrogen) atoms. The van der Waals surface area contributed by atoms with Gasteiger partial charge in [-0.3, -0.25) is 4.68 Å². The largest absolute Gasteiger partial charge is 0.346 e. The fourth-order valence-electron chi connectivity index (χ4n) is 2.36. The monoisotopic (exact) mass is 262 g/mol. The Labute approximate surface area is 111 Å². The van der Waals surface area contributed by atoms with Crippen molar-refractivity contribution in [3.8, 4) is 0 Å². The summed E-state index contributed by atoms with van der Waals surface area (Å²) in [6.07, 6.45) is 5.21. The molecule has 0 amide bonds. The third kappa shape index (κ3) is 2.03. The zero-order valence-corrected chi connectivity index (χ0v) is 11.9. The number of hydrogen-bond donors (Lipinski definition) is 0. The van der Waals surface area contributed by atoms with Crippen LogP contribution in [0.3, 0.4) is 0 Å². The van der Waals surface area contributed by atoms with E-state index in [1.165, 1.54) is 10.4 Å². The van der Waals surface area contributed by atoms with Crippen LogP contribution in [0.25, 0.3) is 0 Å². The van der Waals surface area contributed by atoms with E-state index in [-0.39, 0.29) is 0 Å². The van der Waals surface area contributed by atoms with Crippen molar-refractivity contribution in [2.24, 2.45) is 0 Å². The topological polar surface area (TPSA) is 34.0 Å². The van der Waals surface area contributed by atoms with Crippen molar-refractivity contribution in [1.29, 1.82) is 0 Å². The van der Waals surface area contributed by atoms with Crippen LogP contribution in [0.1, 0.15) is 28.6 Å². The van der Waals surface area contributed by atoms with Gasteiger partial charge in [0, 0.05) is 24.2 Å². The maximum absolute atomic E-state index is 4.64. The summed E-state index contributed by atoms with van der Waals surface area (Å²) in [7, 11) is 0. The SMILES string of the molecule is Cc1cnn(C2CCN(c3nc(C)c(C)s3)C2)c1. The predicted octanol–water partition coefficient (Wildman–Crippen LogP) is 2.72. The van der Waals surface area contributed by atoms with Gasteiger partial charge in [-0.1, -0.05) is 0 Å². The van der Waals surface area contributed by atoms with Crippen LogP contribution >= 0.6 is 11.3 Å². The van der Waals surface area contributed by atoms with Crippen molar-refractivity contribution >= 4 is 16.5 Å². The molecule has 1 aliphatic heterocycles. The Morgan fingerprint density at radius 3 is 2.78 bits per heavy atom. The van der Waals surface area contributed by atoms with E-state index >= 15 is 0 Å². The summed E-state index contributed by atoms with van der Waals surface area (Å²) in [5.74, 6) is 0. The lowest BCUT2D eigenvalue weighted by Gasteiger charge is -2.15. The third-order valence-electron chi connectivity index (χ3n) is 3.56. The lowest BCUT2D eigenvalue weighted by molar-refractivity contribution is 0.494. The van der Waals surface area contributed by atoms with Gasteiger partial charge in [0.15, 0.2) is 5.13 Å². The van der Waals surface area contributed by atoms with Gasteiger partial charge in [0.05, 0.1) is 17.9 Å². The van der Waals surface area contributed by atoms with Gasteiger partial charge in [0.1, 0.15) is 0 Å². The molecule has 2 aromatic heterocycles. The predicted molar refractivity (Wildman–Crippen MR) is 74.4 cm³/mol. The molecule has 0 saturated carbocycles. The fraction of sp³-hybridized carbons (Fsp3) is 0.538. The van der Waals surface area contributed by atoms with Crippen molar-refractivity contribution in [3.63, 3.8) is 0 Å². The van der Waals surface area contributed by atoms with Gasteiger partial charge in [-0.2, -0.15) is 5.10 Å². The molecule has 2 aromatic rings. The Morgan fingerprint density at radius 1 is 1.33 bits per heavy atom. The summed E-state index contributed by atoms with van der Waals surface area (Å²) >= 11 is 1.80. The van der Waals surface area contributed by atoms with Crippen LogP contribution in [0.4, 0.5) is 5.13 Å². The molecule has 0 radical (unpaired) electrons. The van der Waals surface area contributed by atoms with Crippen LogP contribution in [-0.2, 0) is 0 Å². The minimum absolute atomic E-state index is 0.489. The molecule has 1 aliphatic rings. The van der Waals surface area contributed by atoms with E-state index in [0.29, 0.717) is 6.04 Å². The number of aryl methyl sites for hydroxylation is 3. The number of nitrogens with zero attached hydrogens (tertiary/aromatic N) is 4. The summed E-state index contributed by atoms with van der Waals surface area (Å²) in [5.41, 5.74) is 2.39. The minimum Gasteiger partial charge on any atom is -0.346 e. The highest BCUT2D eigenvalue weighted by Gasteiger charge is 2.26. The van der Waals surface area contributed by atoms with Gasteiger partial charge in [-0.25, -0.2) is 4.98 Å². The maximum Gasteiger partial charge on any atom is 0.185 e. The molecule has 3 heterocycles. The molecule has 96 valence electrons. The van der Waals surface area contributed by atoms with Gasteiger partial charge in [0.25, 0.3) is 0 Å². The average molecular weight is 262 g/mol. The lowest BCUT2D eigenvalue weighted by atomic mass is 10.3. The standard InChI is InChI=1S/C13H18N4S/c1-9-6-14-17(7-9)12-4-5-16(8-12)13-15-10(2)11(3)18-13/h6-7,12H,4-5,8H2,1-3H3. The van der Waals surface area contributed by atoms with Gasteiger partial charge in [-0.15, -0.1) is 11.3 Å². The normalized spacial score (nSPS) is 19.7. The van der Waals surface area contributed by atoms with E-state index in [2.05, 4.69) is 46.6 Å². The second kappa shape index (κ2) is 4.39. The van der Waals surface area contributed by atoms with Gasteiger partial charge < -0.3 is 4.90 Å². The van der Waals surface area contributed by atoms with Crippen molar-refractivity contribution in [1.82, 2.24) is 14.8 Å². The van der Waals surface area contributed by atoms with Crippen LogP contribution in [0.2, 0.25) is 0 Å². The smallest absolute Gasteiger partial charge is 0.185 e. The molecule has 1 fully saturated rings. The molecule has 0 bridgehead atoms. The zero-order chi connectivity index (χ0) is 12.7. The summed E-state index contributed by atoms with van der Waals surface area (Å²) < 4.78 is 2.10. The Hall–Kier alpha value is -1.36. The number of thiazole rings is 1. The van der Waals surface area contributed by atoms with Gasteiger partial charge in [-0.05, 0) is 32.8 Å². The van der Waals surface area contributed by atoms with E-state index < -0.39 is 0 Å². The highest BCUT2D eigenvalue weighted by Crippen LogP contribution is 2.31. The van der Waals surface area contributed by atoms with E-state index in [1.54, 1.807) is 11.3 Å². The highest BCUT2D eigenvalue weighted by molar-refractivity contribution is 7.15. The van der Waals surface area contributed by atoms with Crippen molar-refractivity contribution in [2.75, 3.05) is 18.0 Å². The molecule has 0 aromatic carbocycles. The van der Waals surface area contributed by atoms with Crippen molar-refractivity contribution in [3.05, 3.63) is 28.5 Å². The molecule has 1 unspecified atom stereocenters. The average Bonchev–Trinajstić information content (AvgIpc) is 3.00. The summed E-state index contributed by atoms with van der Waals surface area (Å²) in [6, 6.07) is 0.489. The van der Waals surface area contributed by atoms with Crippen LogP contribution in [0, 0.1) is 20.8 Å². The first-order chi connectivity index (χ1) is 8.63. The first-order valence-corrected chi connectivity index (χ1v) is 7.15. The minimum atomic E-state index is 0.489. The van der Waals surface area contributed by atoms with Crippen LogP contribution < -0.4 is 4.90 Å². The van der Waals surface area contributed by atoms with Crippen LogP contribution in [-0.4, -0.2) is 27.9 Å². The first-order valence-electron chi connectivity index (χ1n) is 6.33. The van der Waals surface area contributed by atoms with Gasteiger partial charge >= 0.3 is 0 Å². The summed E-state index contributed by atoms with van der Waals surface area (Å²) in [6.45, 7) is 8.41. The molecule has 0 N–H and O–H groups in total. The van der Waals surface area contributed by atoms with Crippen molar-refractivity contribution in [2.45, 2.75) is 33.2 Å². The number of aromatic nitrogens is 3. The molecular weight excluding hydrogens is 244 g/mol. The zero-order valence-electron chi connectivity index (χ0n) is 11.1. The molecule has 0 spiro atoms. The third-order valence-corrected chi connectivity index (χ3v) is 4.69. The van der Waals surface area contributed by atoms with Gasteiger partial charge in [0.2, 0.25) is 0 Å². The molecule has 5 heteroatoms. The second-order valence-electron chi connectivity index (χ2n) is 5.02. The molecular formula is C13H18N4S. The highest BCUT2D eigenvalue weighted by atomic mass is 32.1. The quantitative estimate of drug-likeness (QED) is 0.834. The lowest BCUT2D eigenvalue weighted by Crippen LogP contribution is -2.20. The van der Waals surface area contributed by atoms with E-state index in [1.807, 2.05) is 6.20 Å². The maximum atomic E-state index is 4.64. The molecule has 3 rings (SSSR count). The van der Waals surface area contributed by atoms with Crippen molar-refractivity contribution < 1.29 is 0 Å².